The number of rotatable bonds is 4. The molecule has 0 aliphatic carbocycles. The fraction of sp³-hybridized carbons (Fsp3) is 1.00. The molecule has 3 rings (SSSR count). The average Bonchev–Trinajstić information content (AvgIpc) is 2.90. The van der Waals surface area contributed by atoms with Crippen molar-refractivity contribution in [1.82, 2.24) is 5.32 Å². The van der Waals surface area contributed by atoms with Gasteiger partial charge in [0.1, 0.15) is 12.2 Å². The average molecular weight is 173 g/mol. The van der Waals surface area contributed by atoms with E-state index in [1.165, 1.54) is 13.1 Å². The van der Waals surface area contributed by atoms with Gasteiger partial charge in [-0.15, -0.1) is 0 Å². The van der Waals surface area contributed by atoms with Gasteiger partial charge in [0.05, 0.1) is 26.4 Å². The van der Waals surface area contributed by atoms with Gasteiger partial charge in [-0.25, -0.2) is 0 Å². The molecular formula is C8H15NO3. The first kappa shape index (κ1) is 8.44. The third-order valence-corrected chi connectivity index (χ3v) is 1.66. The van der Waals surface area contributed by atoms with Crippen LogP contribution in [0.5, 0.6) is 0 Å². The Bertz CT molecular complexity index is 118. The van der Waals surface area contributed by atoms with Gasteiger partial charge in [-0.3, -0.25) is 0 Å². The molecule has 3 aliphatic rings. The van der Waals surface area contributed by atoms with Gasteiger partial charge in [-0.2, -0.15) is 0 Å². The van der Waals surface area contributed by atoms with Crippen molar-refractivity contribution in [3.8, 4) is 0 Å². The van der Waals surface area contributed by atoms with Gasteiger partial charge in [0.15, 0.2) is 0 Å². The van der Waals surface area contributed by atoms with Gasteiger partial charge in [0.25, 0.3) is 0 Å². The molecule has 3 heterocycles. The van der Waals surface area contributed by atoms with E-state index in [9.17, 15) is 0 Å². The van der Waals surface area contributed by atoms with Crippen LogP contribution in [0.25, 0.3) is 0 Å². The monoisotopic (exact) mass is 173 g/mol. The Morgan fingerprint density at radius 3 is 1.75 bits per heavy atom. The highest BCUT2D eigenvalue weighted by molar-refractivity contribution is 4.71. The molecule has 0 bridgehead atoms. The summed E-state index contributed by atoms with van der Waals surface area (Å²) in [6, 6.07) is 0. The summed E-state index contributed by atoms with van der Waals surface area (Å²) in [5.74, 6) is 0. The van der Waals surface area contributed by atoms with Crippen LogP contribution in [-0.4, -0.2) is 51.7 Å². The van der Waals surface area contributed by atoms with E-state index in [1.54, 1.807) is 0 Å². The molecule has 2 atom stereocenters. The lowest BCUT2D eigenvalue weighted by Gasteiger charge is -1.95. The molecule has 1 N–H and O–H groups in total. The third kappa shape index (κ3) is 4.66. The van der Waals surface area contributed by atoms with Crippen LogP contribution in [0.2, 0.25) is 0 Å². The minimum Gasteiger partial charge on any atom is -0.376 e. The summed E-state index contributed by atoms with van der Waals surface area (Å²) in [6.07, 6.45) is 0.785. The molecule has 3 fully saturated rings. The molecule has 4 nitrogen and oxygen atoms in total. The second-order valence-electron chi connectivity index (χ2n) is 3.20. The summed E-state index contributed by atoms with van der Waals surface area (Å²) in [5, 5.41) is 3.00. The van der Waals surface area contributed by atoms with Crippen molar-refractivity contribution in [2.24, 2.45) is 0 Å². The molecule has 3 aliphatic heterocycles. The van der Waals surface area contributed by atoms with E-state index < -0.39 is 0 Å². The molecule has 0 aromatic heterocycles. The quantitative estimate of drug-likeness (QED) is 0.576. The molecule has 0 radical (unpaired) electrons. The van der Waals surface area contributed by atoms with Crippen LogP contribution in [0.15, 0.2) is 0 Å². The standard InChI is InChI=1S/C6H10O3.C2H5N/c1(5-3-8-5)7-2-6-4-9-6;1-2-3-1/h5-6H,1-4H2;3H,1-2H2. The fourth-order valence-electron chi connectivity index (χ4n) is 0.659. The predicted molar refractivity (Wildman–Crippen MR) is 43.2 cm³/mol. The molecule has 12 heavy (non-hydrogen) atoms. The first-order valence-electron chi connectivity index (χ1n) is 4.47. The second-order valence-corrected chi connectivity index (χ2v) is 3.20. The van der Waals surface area contributed by atoms with Gasteiger partial charge >= 0.3 is 0 Å². The van der Waals surface area contributed by atoms with Crippen molar-refractivity contribution in [3.63, 3.8) is 0 Å². The molecule has 0 aromatic rings. The first-order valence-corrected chi connectivity index (χ1v) is 4.47. The highest BCUT2D eigenvalue weighted by atomic mass is 16.6. The number of ether oxygens (including phenoxy) is 3. The Balaban J connectivity index is 0.000000159. The van der Waals surface area contributed by atoms with Crippen molar-refractivity contribution < 1.29 is 14.2 Å². The molecule has 0 saturated carbocycles. The second kappa shape index (κ2) is 4.18. The molecule has 4 heteroatoms. The van der Waals surface area contributed by atoms with Crippen LogP contribution < -0.4 is 5.32 Å². The molecule has 0 aromatic carbocycles. The maximum atomic E-state index is 5.23. The zero-order chi connectivity index (χ0) is 8.23. The Kier molecular flexibility index (Phi) is 2.94. The highest BCUT2D eigenvalue weighted by Gasteiger charge is 2.26. The number of hydrogen-bond donors (Lipinski definition) is 1. The van der Waals surface area contributed by atoms with Gasteiger partial charge < -0.3 is 19.5 Å². The van der Waals surface area contributed by atoms with E-state index in [4.69, 9.17) is 14.2 Å². The minimum absolute atomic E-state index is 0.392. The Labute approximate surface area is 72.2 Å². The summed E-state index contributed by atoms with van der Waals surface area (Å²) >= 11 is 0. The zero-order valence-corrected chi connectivity index (χ0v) is 7.12. The molecule has 0 spiro atoms. The topological polar surface area (TPSA) is 56.2 Å². The highest BCUT2D eigenvalue weighted by Crippen LogP contribution is 2.12. The normalized spacial score (nSPS) is 35.0. The van der Waals surface area contributed by atoms with Gasteiger partial charge in [-0.1, -0.05) is 0 Å². The lowest BCUT2D eigenvalue weighted by Crippen LogP contribution is -2.06. The molecular weight excluding hydrogens is 158 g/mol. The van der Waals surface area contributed by atoms with Crippen molar-refractivity contribution >= 4 is 0 Å². The first-order chi connectivity index (χ1) is 5.95. The summed E-state index contributed by atoms with van der Waals surface area (Å²) in [5.41, 5.74) is 0. The van der Waals surface area contributed by atoms with E-state index >= 15 is 0 Å². The molecule has 70 valence electrons. The lowest BCUT2D eigenvalue weighted by molar-refractivity contribution is 0.102. The molecule has 3 saturated heterocycles. The zero-order valence-electron chi connectivity index (χ0n) is 7.12. The summed E-state index contributed by atoms with van der Waals surface area (Å²) in [4.78, 5) is 0. The van der Waals surface area contributed by atoms with E-state index in [2.05, 4.69) is 5.32 Å². The fourth-order valence-corrected chi connectivity index (χ4v) is 0.659. The summed E-state index contributed by atoms with van der Waals surface area (Å²) < 4.78 is 15.1. The summed E-state index contributed by atoms with van der Waals surface area (Å²) in [7, 11) is 0. The van der Waals surface area contributed by atoms with Gasteiger partial charge in [-0.05, 0) is 0 Å². The van der Waals surface area contributed by atoms with Crippen molar-refractivity contribution in [2.45, 2.75) is 12.2 Å². The predicted octanol–water partition coefficient (Wildman–Crippen LogP) is -0.610. The number of nitrogens with one attached hydrogen (secondary N) is 1. The van der Waals surface area contributed by atoms with E-state index in [0.717, 1.165) is 26.4 Å². The van der Waals surface area contributed by atoms with Crippen molar-refractivity contribution in [3.05, 3.63) is 0 Å². The number of epoxide rings is 2. The third-order valence-electron chi connectivity index (χ3n) is 1.66. The minimum atomic E-state index is 0.392. The Hall–Kier alpha value is -0.160. The van der Waals surface area contributed by atoms with Crippen LogP contribution >= 0.6 is 0 Å². The van der Waals surface area contributed by atoms with Crippen LogP contribution in [0.3, 0.4) is 0 Å². The number of hydrogen-bond acceptors (Lipinski definition) is 4. The Morgan fingerprint density at radius 2 is 1.50 bits per heavy atom. The summed E-state index contributed by atoms with van der Waals surface area (Å²) in [6.45, 7) is 5.76. The van der Waals surface area contributed by atoms with Crippen LogP contribution in [0.1, 0.15) is 0 Å². The molecule has 0 amide bonds. The van der Waals surface area contributed by atoms with E-state index in [0.29, 0.717) is 12.2 Å². The van der Waals surface area contributed by atoms with Crippen LogP contribution in [0, 0.1) is 0 Å². The molecule has 2 unspecified atom stereocenters. The maximum absolute atomic E-state index is 5.23. The van der Waals surface area contributed by atoms with Crippen molar-refractivity contribution in [1.29, 1.82) is 0 Å². The van der Waals surface area contributed by atoms with Gasteiger partial charge in [0.2, 0.25) is 0 Å². The Morgan fingerprint density at radius 1 is 1.08 bits per heavy atom. The van der Waals surface area contributed by atoms with Crippen molar-refractivity contribution in [2.75, 3.05) is 39.5 Å². The van der Waals surface area contributed by atoms with Crippen LogP contribution in [-0.2, 0) is 14.2 Å². The SMILES string of the molecule is C(OCC1CO1)C1CO1.C1CN1. The lowest BCUT2D eigenvalue weighted by atomic mass is 10.5. The largest absolute Gasteiger partial charge is 0.376 e. The van der Waals surface area contributed by atoms with E-state index in [1.807, 2.05) is 0 Å². The van der Waals surface area contributed by atoms with Crippen LogP contribution in [0.4, 0.5) is 0 Å². The smallest absolute Gasteiger partial charge is 0.104 e. The maximum Gasteiger partial charge on any atom is 0.104 e. The van der Waals surface area contributed by atoms with E-state index in [-0.39, 0.29) is 0 Å². The van der Waals surface area contributed by atoms with Gasteiger partial charge in [0, 0.05) is 13.1 Å².